The van der Waals surface area contributed by atoms with Crippen molar-refractivity contribution >= 4 is 11.6 Å². The Hall–Kier alpha value is -3.78. The van der Waals surface area contributed by atoms with Gasteiger partial charge in [-0.15, -0.1) is 0 Å². The van der Waals surface area contributed by atoms with Crippen LogP contribution in [-0.4, -0.2) is 12.5 Å². The van der Waals surface area contributed by atoms with Crippen molar-refractivity contribution in [1.82, 2.24) is 0 Å². The normalized spacial score (nSPS) is 9.96. The standard InChI is InChI=1S/C23H20N2O3/c24-15-14-18-6-8-20(9-7-18)25-23(26)17-28-22-12-10-21(11-13-22)27-16-19-4-2-1-3-5-19/h1-13H,14,16-17H2,(H,25,26). The molecule has 140 valence electrons. The van der Waals surface area contributed by atoms with E-state index in [1.54, 1.807) is 24.3 Å². The minimum Gasteiger partial charge on any atom is -0.489 e. The van der Waals surface area contributed by atoms with Crippen LogP contribution in [0.25, 0.3) is 0 Å². The third-order valence-electron chi connectivity index (χ3n) is 3.96. The molecule has 0 saturated carbocycles. The number of anilines is 1. The van der Waals surface area contributed by atoms with Gasteiger partial charge in [0.1, 0.15) is 18.1 Å². The molecule has 0 radical (unpaired) electrons. The number of carbonyl (C=O) groups excluding carboxylic acids is 1. The first-order chi connectivity index (χ1) is 13.7. The van der Waals surface area contributed by atoms with Crippen molar-refractivity contribution in [3.8, 4) is 17.6 Å². The van der Waals surface area contributed by atoms with Crippen LogP contribution in [0.2, 0.25) is 0 Å². The summed E-state index contributed by atoms with van der Waals surface area (Å²) >= 11 is 0. The molecule has 1 N–H and O–H groups in total. The third kappa shape index (κ3) is 5.89. The number of carbonyl (C=O) groups is 1. The van der Waals surface area contributed by atoms with Crippen LogP contribution < -0.4 is 14.8 Å². The number of benzene rings is 3. The minimum atomic E-state index is -0.252. The molecule has 0 aliphatic carbocycles. The first-order valence-corrected chi connectivity index (χ1v) is 8.88. The van der Waals surface area contributed by atoms with Crippen LogP contribution in [0.15, 0.2) is 78.9 Å². The largest absolute Gasteiger partial charge is 0.489 e. The molecule has 1 amide bonds. The molecular weight excluding hydrogens is 352 g/mol. The fourth-order valence-corrected chi connectivity index (χ4v) is 2.52. The first kappa shape index (κ1) is 19.0. The molecule has 0 aliphatic rings. The van der Waals surface area contributed by atoms with Crippen molar-refractivity contribution < 1.29 is 14.3 Å². The van der Waals surface area contributed by atoms with Gasteiger partial charge in [0, 0.05) is 5.69 Å². The molecule has 28 heavy (non-hydrogen) atoms. The number of amides is 1. The molecule has 5 heteroatoms. The lowest BCUT2D eigenvalue weighted by molar-refractivity contribution is -0.118. The minimum absolute atomic E-state index is 0.0931. The summed E-state index contributed by atoms with van der Waals surface area (Å²) < 4.78 is 11.2. The van der Waals surface area contributed by atoms with Gasteiger partial charge in [-0.25, -0.2) is 0 Å². The monoisotopic (exact) mass is 372 g/mol. The molecule has 0 saturated heterocycles. The van der Waals surface area contributed by atoms with E-state index in [2.05, 4.69) is 11.4 Å². The van der Waals surface area contributed by atoms with Gasteiger partial charge in [0.25, 0.3) is 5.91 Å². The highest BCUT2D eigenvalue weighted by Gasteiger charge is 2.05. The maximum absolute atomic E-state index is 12.0. The molecule has 0 aliphatic heterocycles. The van der Waals surface area contributed by atoms with Gasteiger partial charge in [-0.2, -0.15) is 5.26 Å². The lowest BCUT2D eigenvalue weighted by Gasteiger charge is -2.09. The van der Waals surface area contributed by atoms with Gasteiger partial charge in [0.05, 0.1) is 12.5 Å². The van der Waals surface area contributed by atoms with Gasteiger partial charge in [0.15, 0.2) is 6.61 Å². The van der Waals surface area contributed by atoms with E-state index < -0.39 is 0 Å². The molecule has 0 unspecified atom stereocenters. The average molecular weight is 372 g/mol. The van der Waals surface area contributed by atoms with Crippen molar-refractivity contribution in [2.75, 3.05) is 11.9 Å². The lowest BCUT2D eigenvalue weighted by atomic mass is 10.1. The van der Waals surface area contributed by atoms with Gasteiger partial charge >= 0.3 is 0 Å². The Morgan fingerprint density at radius 3 is 2.11 bits per heavy atom. The van der Waals surface area contributed by atoms with E-state index >= 15 is 0 Å². The van der Waals surface area contributed by atoms with Crippen molar-refractivity contribution in [2.24, 2.45) is 0 Å². The molecule has 0 atom stereocenters. The molecule has 0 aromatic heterocycles. The third-order valence-corrected chi connectivity index (χ3v) is 3.96. The Labute approximate surface area is 164 Å². The summed E-state index contributed by atoms with van der Waals surface area (Å²) in [5.41, 5.74) is 2.67. The topological polar surface area (TPSA) is 71.4 Å². The Bertz CT molecular complexity index is 930. The van der Waals surface area contributed by atoms with Crippen LogP contribution in [0.3, 0.4) is 0 Å². The zero-order chi connectivity index (χ0) is 19.6. The Kier molecular flexibility index (Phi) is 6.64. The summed E-state index contributed by atoms with van der Waals surface area (Å²) in [6.07, 6.45) is 0.350. The van der Waals surface area contributed by atoms with Gasteiger partial charge < -0.3 is 14.8 Å². The van der Waals surface area contributed by atoms with Crippen molar-refractivity contribution in [3.05, 3.63) is 90.0 Å². The van der Waals surface area contributed by atoms with Crippen LogP contribution in [0.1, 0.15) is 11.1 Å². The fourth-order valence-electron chi connectivity index (χ4n) is 2.52. The van der Waals surface area contributed by atoms with Crippen molar-refractivity contribution in [3.63, 3.8) is 0 Å². The quantitative estimate of drug-likeness (QED) is 0.638. The first-order valence-electron chi connectivity index (χ1n) is 8.88. The van der Waals surface area contributed by atoms with Crippen LogP contribution in [-0.2, 0) is 17.8 Å². The second-order valence-electron chi connectivity index (χ2n) is 6.11. The predicted molar refractivity (Wildman–Crippen MR) is 107 cm³/mol. The highest BCUT2D eigenvalue weighted by atomic mass is 16.5. The van der Waals surface area contributed by atoms with Gasteiger partial charge in [-0.3, -0.25) is 4.79 Å². The summed E-state index contributed by atoms with van der Waals surface area (Å²) in [6, 6.07) is 26.3. The fraction of sp³-hybridized carbons (Fsp3) is 0.130. The zero-order valence-electron chi connectivity index (χ0n) is 15.3. The number of hydrogen-bond acceptors (Lipinski definition) is 4. The van der Waals surface area contributed by atoms with E-state index in [-0.39, 0.29) is 12.5 Å². The summed E-state index contributed by atoms with van der Waals surface area (Å²) in [4.78, 5) is 12.0. The molecule has 3 aromatic rings. The van der Waals surface area contributed by atoms with Crippen LogP contribution >= 0.6 is 0 Å². The number of nitriles is 1. The molecule has 0 spiro atoms. The second-order valence-corrected chi connectivity index (χ2v) is 6.11. The molecule has 5 nitrogen and oxygen atoms in total. The highest BCUT2D eigenvalue weighted by molar-refractivity contribution is 5.91. The maximum atomic E-state index is 12.0. The number of ether oxygens (including phenoxy) is 2. The SMILES string of the molecule is N#CCc1ccc(NC(=O)COc2ccc(OCc3ccccc3)cc2)cc1. The maximum Gasteiger partial charge on any atom is 0.262 e. The molecule has 3 rings (SSSR count). The Morgan fingerprint density at radius 1 is 0.821 bits per heavy atom. The van der Waals surface area contributed by atoms with Crippen LogP contribution in [0.5, 0.6) is 11.5 Å². The number of hydrogen-bond donors (Lipinski definition) is 1. The summed E-state index contributed by atoms with van der Waals surface area (Å²) in [5, 5.41) is 11.4. The molecule has 0 bridgehead atoms. The molecule has 0 fully saturated rings. The molecule has 3 aromatic carbocycles. The average Bonchev–Trinajstić information content (AvgIpc) is 2.74. The predicted octanol–water partition coefficient (Wildman–Crippen LogP) is 4.35. The number of rotatable bonds is 8. The molecule has 0 heterocycles. The van der Waals surface area contributed by atoms with Crippen molar-refractivity contribution in [2.45, 2.75) is 13.0 Å². The molecular formula is C23H20N2O3. The second kappa shape index (κ2) is 9.79. The summed E-state index contributed by atoms with van der Waals surface area (Å²) in [7, 11) is 0. The number of nitrogens with one attached hydrogen (secondary N) is 1. The van der Waals surface area contributed by atoms with E-state index in [1.807, 2.05) is 54.6 Å². The van der Waals surface area contributed by atoms with Gasteiger partial charge in [-0.05, 0) is 47.5 Å². The van der Waals surface area contributed by atoms with Crippen molar-refractivity contribution in [1.29, 1.82) is 5.26 Å². The van der Waals surface area contributed by atoms with E-state index in [4.69, 9.17) is 14.7 Å². The number of nitrogens with zero attached hydrogens (tertiary/aromatic N) is 1. The van der Waals surface area contributed by atoms with Gasteiger partial charge in [-0.1, -0.05) is 42.5 Å². The summed E-state index contributed by atoms with van der Waals surface area (Å²) in [6.45, 7) is 0.404. The van der Waals surface area contributed by atoms with E-state index in [1.165, 1.54) is 0 Å². The Morgan fingerprint density at radius 2 is 1.46 bits per heavy atom. The van der Waals surface area contributed by atoms with Gasteiger partial charge in [0.2, 0.25) is 0 Å². The smallest absolute Gasteiger partial charge is 0.262 e. The zero-order valence-corrected chi connectivity index (χ0v) is 15.3. The van der Waals surface area contributed by atoms with E-state index in [9.17, 15) is 4.79 Å². The highest BCUT2D eigenvalue weighted by Crippen LogP contribution is 2.19. The summed E-state index contributed by atoms with van der Waals surface area (Å²) in [5.74, 6) is 1.07. The van der Waals surface area contributed by atoms with E-state index in [0.29, 0.717) is 24.5 Å². The van der Waals surface area contributed by atoms with Crippen LogP contribution in [0, 0.1) is 11.3 Å². The van der Waals surface area contributed by atoms with Crippen LogP contribution in [0.4, 0.5) is 5.69 Å². The Balaban J connectivity index is 1.43. The lowest BCUT2D eigenvalue weighted by Crippen LogP contribution is -2.20. The van der Waals surface area contributed by atoms with E-state index in [0.717, 1.165) is 16.9 Å².